The van der Waals surface area contributed by atoms with Crippen molar-refractivity contribution >= 4 is 0 Å². The van der Waals surface area contributed by atoms with Crippen molar-refractivity contribution in [3.63, 3.8) is 0 Å². The van der Waals surface area contributed by atoms with Crippen molar-refractivity contribution in [2.45, 2.75) is 46.0 Å². The molecule has 0 aliphatic carbocycles. The van der Waals surface area contributed by atoms with Crippen LogP contribution in [0.3, 0.4) is 0 Å². The molecular formula is C19H25F2NO. The van der Waals surface area contributed by atoms with Crippen molar-refractivity contribution in [3.8, 4) is 5.88 Å². The molecule has 2 aromatic rings. The number of nitrogens with zero attached hydrogens (tertiary/aromatic N) is 1. The number of alkyl halides is 2. The molecule has 0 saturated carbocycles. The van der Waals surface area contributed by atoms with Gasteiger partial charge in [0.2, 0.25) is 5.88 Å². The molecule has 2 nitrogen and oxygen atoms in total. The van der Waals surface area contributed by atoms with Crippen LogP contribution >= 0.6 is 0 Å². The van der Waals surface area contributed by atoms with E-state index in [0.717, 1.165) is 5.56 Å². The molecule has 23 heavy (non-hydrogen) atoms. The predicted molar refractivity (Wildman–Crippen MR) is 90.4 cm³/mol. The van der Waals surface area contributed by atoms with Gasteiger partial charge in [0.05, 0.1) is 7.11 Å². The van der Waals surface area contributed by atoms with Crippen molar-refractivity contribution in [3.05, 3.63) is 59.3 Å². The zero-order chi connectivity index (χ0) is 17.4. The molecule has 0 bridgehead atoms. The van der Waals surface area contributed by atoms with Crippen molar-refractivity contribution in [2.75, 3.05) is 7.11 Å². The largest absolute Gasteiger partial charge is 0.481 e. The summed E-state index contributed by atoms with van der Waals surface area (Å²) < 4.78 is 29.4. The Kier molecular flexibility index (Phi) is 7.66. The van der Waals surface area contributed by atoms with Crippen LogP contribution in [0.1, 0.15) is 62.6 Å². The van der Waals surface area contributed by atoms with Crippen LogP contribution < -0.4 is 4.74 Å². The van der Waals surface area contributed by atoms with Gasteiger partial charge in [-0.2, -0.15) is 0 Å². The second kappa shape index (κ2) is 9.23. The highest BCUT2D eigenvalue weighted by molar-refractivity contribution is 5.26. The molecule has 126 valence electrons. The van der Waals surface area contributed by atoms with Crippen LogP contribution in [0.2, 0.25) is 0 Å². The van der Waals surface area contributed by atoms with E-state index in [-0.39, 0.29) is 5.56 Å². The van der Waals surface area contributed by atoms with E-state index in [1.807, 2.05) is 38.2 Å². The lowest BCUT2D eigenvalue weighted by Gasteiger charge is -2.06. The van der Waals surface area contributed by atoms with Gasteiger partial charge in [0.1, 0.15) is 0 Å². The molecule has 0 spiro atoms. The van der Waals surface area contributed by atoms with Gasteiger partial charge >= 0.3 is 0 Å². The Balaban J connectivity index is 0.000000231. The minimum atomic E-state index is -2.36. The van der Waals surface area contributed by atoms with E-state index in [1.165, 1.54) is 11.6 Å². The van der Waals surface area contributed by atoms with Crippen LogP contribution in [0.25, 0.3) is 0 Å². The fraction of sp³-hybridized carbons (Fsp3) is 0.421. The van der Waals surface area contributed by atoms with E-state index in [4.69, 9.17) is 4.74 Å². The quantitative estimate of drug-likeness (QED) is 0.693. The van der Waals surface area contributed by atoms with Crippen LogP contribution in [-0.4, -0.2) is 12.1 Å². The third-order valence-corrected chi connectivity index (χ3v) is 3.46. The molecule has 0 radical (unpaired) electrons. The third kappa shape index (κ3) is 6.35. The minimum absolute atomic E-state index is 0.112. The third-order valence-electron chi connectivity index (χ3n) is 3.46. The number of ether oxygens (including phenoxy) is 1. The van der Waals surface area contributed by atoms with E-state index in [9.17, 15) is 8.78 Å². The smallest absolute Gasteiger partial charge is 0.263 e. The van der Waals surface area contributed by atoms with E-state index in [0.29, 0.717) is 17.7 Å². The molecular weight excluding hydrogens is 296 g/mol. The fourth-order valence-electron chi connectivity index (χ4n) is 1.91. The van der Waals surface area contributed by atoms with Crippen LogP contribution in [0.15, 0.2) is 42.6 Å². The van der Waals surface area contributed by atoms with Crippen LogP contribution in [0.5, 0.6) is 5.88 Å². The van der Waals surface area contributed by atoms with Gasteiger partial charge in [-0.1, -0.05) is 52.0 Å². The predicted octanol–water partition coefficient (Wildman–Crippen LogP) is 5.96. The van der Waals surface area contributed by atoms with Crippen LogP contribution in [0.4, 0.5) is 8.78 Å². The summed E-state index contributed by atoms with van der Waals surface area (Å²) in [5.74, 6) is 1.52. The molecule has 0 atom stereocenters. The normalized spacial score (nSPS) is 10.7. The van der Waals surface area contributed by atoms with Gasteiger partial charge in [-0.15, -0.1) is 0 Å². The maximum absolute atomic E-state index is 12.2. The maximum atomic E-state index is 12.2. The second-order valence-corrected chi connectivity index (χ2v) is 5.91. The van der Waals surface area contributed by atoms with Gasteiger partial charge in [-0.3, -0.25) is 0 Å². The summed E-state index contributed by atoms with van der Waals surface area (Å²) in [7, 11) is 1.62. The van der Waals surface area contributed by atoms with Crippen molar-refractivity contribution < 1.29 is 13.5 Å². The Bertz CT molecular complexity index is 557. The summed E-state index contributed by atoms with van der Waals surface area (Å²) >= 11 is 0. The average Bonchev–Trinajstić information content (AvgIpc) is 2.55. The molecule has 0 unspecified atom stereocenters. The second-order valence-electron chi connectivity index (χ2n) is 5.91. The Hall–Kier alpha value is -1.97. The number of benzene rings is 1. The van der Waals surface area contributed by atoms with Gasteiger partial charge < -0.3 is 4.74 Å². The first kappa shape index (κ1) is 19.1. The molecule has 4 heteroatoms. The minimum Gasteiger partial charge on any atom is -0.481 e. The maximum Gasteiger partial charge on any atom is 0.263 e. The lowest BCUT2D eigenvalue weighted by molar-refractivity contribution is 0.151. The summed E-state index contributed by atoms with van der Waals surface area (Å²) in [4.78, 5) is 4.10. The number of pyridine rings is 1. The highest BCUT2D eigenvalue weighted by Crippen LogP contribution is 2.22. The zero-order valence-electron chi connectivity index (χ0n) is 14.4. The van der Waals surface area contributed by atoms with Gasteiger partial charge in [0.25, 0.3) is 6.43 Å². The first-order valence-corrected chi connectivity index (χ1v) is 7.73. The molecule has 2 rings (SSSR count). The van der Waals surface area contributed by atoms with Gasteiger partial charge in [-0.25, -0.2) is 13.8 Å². The number of halogens is 2. The lowest BCUT2D eigenvalue weighted by atomic mass is 10.0. The van der Waals surface area contributed by atoms with E-state index in [2.05, 4.69) is 18.8 Å². The Morgan fingerprint density at radius 2 is 1.48 bits per heavy atom. The highest BCUT2D eigenvalue weighted by Gasteiger charge is 2.07. The van der Waals surface area contributed by atoms with Gasteiger partial charge in [-0.05, 0) is 29.0 Å². The SMILES string of the molecule is CC(C)c1cccc(C(F)F)c1.COc1ccc(C(C)C)cn1. The lowest BCUT2D eigenvalue weighted by Crippen LogP contribution is -1.91. The van der Waals surface area contributed by atoms with Crippen molar-refractivity contribution in [1.82, 2.24) is 4.98 Å². The molecule has 0 aliphatic heterocycles. The summed E-state index contributed by atoms with van der Waals surface area (Å²) in [6.45, 7) is 8.27. The molecule has 0 fully saturated rings. The first-order valence-electron chi connectivity index (χ1n) is 7.73. The monoisotopic (exact) mass is 321 g/mol. The van der Waals surface area contributed by atoms with Crippen LogP contribution in [-0.2, 0) is 0 Å². The number of methoxy groups -OCH3 is 1. The topological polar surface area (TPSA) is 22.1 Å². The molecule has 0 N–H and O–H groups in total. The average molecular weight is 321 g/mol. The molecule has 1 aromatic heterocycles. The Morgan fingerprint density at radius 3 is 1.91 bits per heavy atom. The number of aromatic nitrogens is 1. The van der Waals surface area contributed by atoms with Crippen molar-refractivity contribution in [2.24, 2.45) is 0 Å². The molecule has 0 amide bonds. The first-order chi connectivity index (χ1) is 10.8. The summed E-state index contributed by atoms with van der Waals surface area (Å²) in [5.41, 5.74) is 2.32. The standard InChI is InChI=1S/C10H12F2.C9H13NO/c1-7(2)8-4-3-5-9(6-8)10(11)12;1-7(2)8-4-5-9(11-3)10-6-8/h3-7,10H,1-2H3;4-7H,1-3H3. The van der Waals surface area contributed by atoms with Crippen LogP contribution in [0, 0.1) is 0 Å². The van der Waals surface area contributed by atoms with Gasteiger partial charge in [0.15, 0.2) is 0 Å². The molecule has 1 heterocycles. The molecule has 0 saturated heterocycles. The number of hydrogen-bond acceptors (Lipinski definition) is 2. The van der Waals surface area contributed by atoms with E-state index in [1.54, 1.807) is 19.2 Å². The number of hydrogen-bond donors (Lipinski definition) is 0. The van der Waals surface area contributed by atoms with Crippen molar-refractivity contribution in [1.29, 1.82) is 0 Å². The Morgan fingerprint density at radius 1 is 0.870 bits per heavy atom. The highest BCUT2D eigenvalue weighted by atomic mass is 19.3. The zero-order valence-corrected chi connectivity index (χ0v) is 14.4. The summed E-state index contributed by atoms with van der Waals surface area (Å²) in [6, 6.07) is 10.5. The number of rotatable bonds is 4. The Labute approximate surface area is 137 Å². The molecule has 0 aliphatic rings. The summed E-state index contributed by atoms with van der Waals surface area (Å²) in [6.07, 6.45) is -0.507. The van der Waals surface area contributed by atoms with Gasteiger partial charge in [0, 0.05) is 17.8 Å². The van der Waals surface area contributed by atoms with E-state index < -0.39 is 6.43 Å². The van der Waals surface area contributed by atoms with E-state index >= 15 is 0 Å². The molecule has 1 aromatic carbocycles. The fourth-order valence-corrected chi connectivity index (χ4v) is 1.91. The summed E-state index contributed by atoms with van der Waals surface area (Å²) in [5, 5.41) is 0.